The molecule has 0 saturated heterocycles. The van der Waals surface area contributed by atoms with Crippen molar-refractivity contribution in [1.82, 2.24) is 4.90 Å². The average molecular weight is 432 g/mol. The van der Waals surface area contributed by atoms with E-state index in [0.29, 0.717) is 22.7 Å². The van der Waals surface area contributed by atoms with Crippen LogP contribution in [-0.4, -0.2) is 37.0 Å². The summed E-state index contributed by atoms with van der Waals surface area (Å²) in [4.78, 5) is 26.5. The van der Waals surface area contributed by atoms with Crippen molar-refractivity contribution in [2.24, 2.45) is 11.8 Å². The second-order valence-corrected chi connectivity index (χ2v) is 7.64. The van der Waals surface area contributed by atoms with Crippen LogP contribution in [0.25, 0.3) is 0 Å². The second kappa shape index (κ2) is 9.76. The summed E-state index contributed by atoms with van der Waals surface area (Å²) < 4.78 is 35.0. The van der Waals surface area contributed by atoms with Crippen LogP contribution in [0.3, 0.4) is 0 Å². The summed E-state index contributed by atoms with van der Waals surface area (Å²) in [5.41, 5.74) is 1.72. The van der Waals surface area contributed by atoms with Gasteiger partial charge in [0.15, 0.2) is 11.5 Å². The summed E-state index contributed by atoms with van der Waals surface area (Å²) in [5, 5.41) is 2.86. The average Bonchev–Trinajstić information content (AvgIpc) is 3.46. The Labute approximate surface area is 180 Å². The summed E-state index contributed by atoms with van der Waals surface area (Å²) in [6, 6.07) is 11.4. The van der Waals surface area contributed by atoms with Crippen LogP contribution >= 0.6 is 0 Å². The number of nitrogens with one attached hydrogen (secondary N) is 1. The molecule has 1 aliphatic rings. The minimum absolute atomic E-state index is 0.0278. The highest BCUT2D eigenvalue weighted by Gasteiger charge is 2.39. The molecule has 3 rings (SSSR count). The lowest BCUT2D eigenvalue weighted by molar-refractivity contribution is -0.117. The van der Waals surface area contributed by atoms with Gasteiger partial charge in [0.1, 0.15) is 0 Å². The number of carbonyl (C=O) groups excluding carboxylic acids is 2. The monoisotopic (exact) mass is 432 g/mol. The Morgan fingerprint density at radius 2 is 1.94 bits per heavy atom. The molecule has 2 atom stereocenters. The number of nitrogens with zero attached hydrogens (tertiary/aromatic N) is 1. The highest BCUT2D eigenvalue weighted by Crippen LogP contribution is 2.38. The number of anilines is 1. The van der Waals surface area contributed by atoms with E-state index in [9.17, 15) is 18.4 Å². The number of amides is 2. The first-order valence-corrected chi connectivity index (χ1v) is 10.2. The molecule has 0 heterocycles. The molecule has 0 spiro atoms. The van der Waals surface area contributed by atoms with Crippen molar-refractivity contribution in [1.29, 1.82) is 0 Å². The molecule has 2 amide bonds. The number of alkyl halides is 2. The van der Waals surface area contributed by atoms with E-state index in [0.717, 1.165) is 6.42 Å². The van der Waals surface area contributed by atoms with Gasteiger partial charge in [-0.25, -0.2) is 0 Å². The third-order valence-corrected chi connectivity index (χ3v) is 5.11. The number of ether oxygens (including phenoxy) is 2. The van der Waals surface area contributed by atoms with Gasteiger partial charge in [0, 0.05) is 30.8 Å². The lowest BCUT2D eigenvalue weighted by Gasteiger charge is -2.19. The number of rotatable bonds is 9. The predicted octanol–water partition coefficient (Wildman–Crippen LogP) is 4.55. The van der Waals surface area contributed by atoms with E-state index in [4.69, 9.17) is 4.74 Å². The summed E-state index contributed by atoms with van der Waals surface area (Å²) >= 11 is 0. The number of hydrogen-bond acceptors (Lipinski definition) is 4. The van der Waals surface area contributed by atoms with E-state index in [1.165, 1.54) is 11.0 Å². The summed E-state index contributed by atoms with van der Waals surface area (Å²) in [6.45, 7) is 1.34. The van der Waals surface area contributed by atoms with Crippen LogP contribution in [0.4, 0.5) is 14.5 Å². The molecule has 0 aliphatic heterocycles. The third kappa shape index (κ3) is 5.93. The first kappa shape index (κ1) is 22.5. The first-order valence-electron chi connectivity index (χ1n) is 10.2. The van der Waals surface area contributed by atoms with E-state index in [1.807, 2.05) is 6.92 Å². The predicted molar refractivity (Wildman–Crippen MR) is 112 cm³/mol. The van der Waals surface area contributed by atoms with E-state index in [2.05, 4.69) is 10.1 Å². The molecule has 1 saturated carbocycles. The van der Waals surface area contributed by atoms with E-state index in [1.54, 1.807) is 50.4 Å². The van der Waals surface area contributed by atoms with Gasteiger partial charge in [-0.2, -0.15) is 8.78 Å². The molecule has 6 nitrogen and oxygen atoms in total. The maximum absolute atomic E-state index is 12.9. The smallest absolute Gasteiger partial charge is 0.387 e. The SMILES string of the molecule is CCOc1cc(CN(C)C(=O)c2cccc(NC(=O)C3CC3C)c2)ccc1OC(F)F. The number of hydrogen-bond donors (Lipinski definition) is 1. The Bertz CT molecular complexity index is 951. The molecule has 31 heavy (non-hydrogen) atoms. The van der Waals surface area contributed by atoms with Gasteiger partial charge in [-0.1, -0.05) is 19.1 Å². The molecule has 2 unspecified atom stereocenters. The number of halogens is 2. The number of benzene rings is 2. The molecule has 1 aliphatic carbocycles. The first-order chi connectivity index (χ1) is 14.8. The van der Waals surface area contributed by atoms with Crippen molar-refractivity contribution in [2.75, 3.05) is 19.0 Å². The minimum atomic E-state index is -2.95. The lowest BCUT2D eigenvalue weighted by atomic mass is 10.1. The highest BCUT2D eigenvalue weighted by atomic mass is 19.3. The minimum Gasteiger partial charge on any atom is -0.490 e. The molecule has 1 fully saturated rings. The molecule has 0 radical (unpaired) electrons. The Morgan fingerprint density at radius 3 is 2.58 bits per heavy atom. The largest absolute Gasteiger partial charge is 0.490 e. The lowest BCUT2D eigenvalue weighted by Crippen LogP contribution is -2.26. The van der Waals surface area contributed by atoms with E-state index < -0.39 is 6.61 Å². The summed E-state index contributed by atoms with van der Waals surface area (Å²) in [7, 11) is 1.64. The summed E-state index contributed by atoms with van der Waals surface area (Å²) in [5.74, 6) is 0.318. The van der Waals surface area contributed by atoms with Crippen molar-refractivity contribution >= 4 is 17.5 Å². The van der Waals surface area contributed by atoms with Crippen LogP contribution in [0.2, 0.25) is 0 Å². The molecule has 1 N–H and O–H groups in total. The van der Waals surface area contributed by atoms with Crippen molar-refractivity contribution in [3.05, 3.63) is 53.6 Å². The molecular weight excluding hydrogens is 406 g/mol. The Balaban J connectivity index is 1.68. The molecule has 166 valence electrons. The van der Waals surface area contributed by atoms with Gasteiger partial charge in [-0.15, -0.1) is 0 Å². The Morgan fingerprint density at radius 1 is 1.19 bits per heavy atom. The number of carbonyl (C=O) groups is 2. The molecule has 2 aromatic rings. The quantitative estimate of drug-likeness (QED) is 0.631. The van der Waals surface area contributed by atoms with Crippen LogP contribution in [0.1, 0.15) is 36.2 Å². The van der Waals surface area contributed by atoms with Crippen molar-refractivity contribution in [3.63, 3.8) is 0 Å². The van der Waals surface area contributed by atoms with Crippen molar-refractivity contribution in [2.45, 2.75) is 33.4 Å². The second-order valence-electron chi connectivity index (χ2n) is 7.64. The van der Waals surface area contributed by atoms with Crippen LogP contribution in [0, 0.1) is 11.8 Å². The standard InChI is InChI=1S/C23H26F2N2O4/c1-4-30-20-11-15(8-9-19(20)31-23(24)25)13-27(3)22(29)16-6-5-7-17(12-16)26-21(28)18-10-14(18)2/h5-9,11-12,14,18,23H,4,10,13H2,1-3H3,(H,26,28). The molecule has 0 bridgehead atoms. The molecule has 8 heteroatoms. The fourth-order valence-electron chi connectivity index (χ4n) is 3.33. The van der Waals surface area contributed by atoms with Crippen LogP contribution in [0.15, 0.2) is 42.5 Å². The van der Waals surface area contributed by atoms with Gasteiger partial charge in [-0.05, 0) is 55.2 Å². The van der Waals surface area contributed by atoms with Crippen LogP contribution in [-0.2, 0) is 11.3 Å². The zero-order valence-electron chi connectivity index (χ0n) is 17.7. The van der Waals surface area contributed by atoms with Gasteiger partial charge < -0.3 is 19.7 Å². The third-order valence-electron chi connectivity index (χ3n) is 5.11. The fourth-order valence-corrected chi connectivity index (χ4v) is 3.33. The van der Waals surface area contributed by atoms with E-state index >= 15 is 0 Å². The summed E-state index contributed by atoms with van der Waals surface area (Å²) in [6.07, 6.45) is 0.887. The van der Waals surface area contributed by atoms with Crippen molar-refractivity contribution < 1.29 is 27.8 Å². The van der Waals surface area contributed by atoms with E-state index in [-0.39, 0.29) is 42.4 Å². The van der Waals surface area contributed by atoms with Crippen molar-refractivity contribution in [3.8, 4) is 11.5 Å². The molecule has 2 aromatic carbocycles. The van der Waals surface area contributed by atoms with Gasteiger partial charge in [0.2, 0.25) is 5.91 Å². The zero-order chi connectivity index (χ0) is 22.5. The van der Waals surface area contributed by atoms with Crippen LogP contribution < -0.4 is 14.8 Å². The Kier molecular flexibility index (Phi) is 7.09. The topological polar surface area (TPSA) is 67.9 Å². The molecule has 0 aromatic heterocycles. The zero-order valence-corrected chi connectivity index (χ0v) is 17.7. The van der Waals surface area contributed by atoms with Gasteiger partial charge >= 0.3 is 6.61 Å². The fraction of sp³-hybridized carbons (Fsp3) is 0.391. The van der Waals surface area contributed by atoms with Gasteiger partial charge in [0.05, 0.1) is 6.61 Å². The van der Waals surface area contributed by atoms with Gasteiger partial charge in [0.25, 0.3) is 5.91 Å². The highest BCUT2D eigenvalue weighted by molar-refractivity contribution is 5.98. The van der Waals surface area contributed by atoms with Gasteiger partial charge in [-0.3, -0.25) is 9.59 Å². The normalized spacial score (nSPS) is 17.2. The molecular formula is C23H26F2N2O4. The maximum Gasteiger partial charge on any atom is 0.387 e. The Hall–Kier alpha value is -3.16. The van der Waals surface area contributed by atoms with Crippen LogP contribution in [0.5, 0.6) is 11.5 Å². The maximum atomic E-state index is 12.9.